The third kappa shape index (κ3) is 3.46. The van der Waals surface area contributed by atoms with Gasteiger partial charge in [0.15, 0.2) is 0 Å². The lowest BCUT2D eigenvalue weighted by Gasteiger charge is -2.26. The van der Waals surface area contributed by atoms with Crippen LogP contribution < -0.4 is 9.84 Å². The van der Waals surface area contributed by atoms with Crippen molar-refractivity contribution in [1.82, 2.24) is 4.90 Å². The van der Waals surface area contributed by atoms with Gasteiger partial charge in [0.25, 0.3) is 11.7 Å². The minimum atomic E-state index is -1.34. The maximum absolute atomic E-state index is 12.7. The van der Waals surface area contributed by atoms with E-state index < -0.39 is 30.1 Å². The summed E-state index contributed by atoms with van der Waals surface area (Å²) in [5, 5.41) is 21.7. The Morgan fingerprint density at radius 3 is 2.39 bits per heavy atom. The molecule has 2 aromatic rings. The highest BCUT2D eigenvalue weighted by molar-refractivity contribution is 6.46. The molecule has 1 atom stereocenters. The molecule has 7 nitrogen and oxygen atoms in total. The van der Waals surface area contributed by atoms with Gasteiger partial charge in [0.05, 0.1) is 18.7 Å². The number of para-hydroxylation sites is 1. The Morgan fingerprint density at radius 1 is 1.11 bits per heavy atom. The van der Waals surface area contributed by atoms with E-state index in [1.54, 1.807) is 54.6 Å². The van der Waals surface area contributed by atoms with Crippen molar-refractivity contribution in [3.8, 4) is 5.75 Å². The molecular weight excluding hydrogens is 362 g/mol. The molecule has 0 saturated carbocycles. The number of likely N-dealkylation sites (tertiary alicyclic amines) is 1. The third-order valence-corrected chi connectivity index (χ3v) is 4.58. The monoisotopic (exact) mass is 380 g/mol. The summed E-state index contributed by atoms with van der Waals surface area (Å²) >= 11 is 0. The number of hydrogen-bond acceptors (Lipinski definition) is 6. The van der Waals surface area contributed by atoms with Crippen LogP contribution in [0.2, 0.25) is 0 Å². The summed E-state index contributed by atoms with van der Waals surface area (Å²) in [6.07, 6.45) is -0.440. The lowest BCUT2D eigenvalue weighted by molar-refractivity contribution is -0.305. The van der Waals surface area contributed by atoms with Gasteiger partial charge in [-0.2, -0.15) is 0 Å². The molecule has 7 heteroatoms. The normalized spacial score (nSPS) is 18.3. The molecule has 1 amide bonds. The number of rotatable bonds is 6. The topological polar surface area (TPSA) is 107 Å². The number of carboxylic acid groups (broad SMARTS) is 1. The van der Waals surface area contributed by atoms with Crippen molar-refractivity contribution in [2.45, 2.75) is 12.5 Å². The van der Waals surface area contributed by atoms with E-state index in [-0.39, 0.29) is 17.9 Å². The highest BCUT2D eigenvalue weighted by Gasteiger charge is 2.46. The molecule has 0 bridgehead atoms. The first-order valence-electron chi connectivity index (χ1n) is 8.62. The van der Waals surface area contributed by atoms with Crippen molar-refractivity contribution in [3.05, 3.63) is 71.3 Å². The number of benzene rings is 2. The maximum Gasteiger partial charge on any atom is 0.295 e. The number of amides is 1. The van der Waals surface area contributed by atoms with Crippen LogP contribution in [0.15, 0.2) is 60.2 Å². The van der Waals surface area contributed by atoms with E-state index in [1.807, 2.05) is 0 Å². The van der Waals surface area contributed by atoms with Gasteiger partial charge in [-0.05, 0) is 6.07 Å². The summed E-state index contributed by atoms with van der Waals surface area (Å²) in [5.74, 6) is -3.02. The number of aliphatic hydroxyl groups excluding tert-OH is 1. The highest BCUT2D eigenvalue weighted by atomic mass is 16.5. The number of carbonyl (C=O) groups excluding carboxylic acids is 3. The largest absolute Gasteiger partial charge is 0.550 e. The van der Waals surface area contributed by atoms with Crippen LogP contribution in [-0.4, -0.2) is 41.3 Å². The first-order chi connectivity index (χ1) is 13.5. The van der Waals surface area contributed by atoms with Crippen LogP contribution in [0.1, 0.15) is 23.6 Å². The predicted octanol–water partition coefficient (Wildman–Crippen LogP) is 1.26. The van der Waals surface area contributed by atoms with E-state index in [9.17, 15) is 24.6 Å². The smallest absolute Gasteiger partial charge is 0.295 e. The van der Waals surface area contributed by atoms with Crippen LogP contribution in [0, 0.1) is 0 Å². The fourth-order valence-corrected chi connectivity index (χ4v) is 3.29. The van der Waals surface area contributed by atoms with Crippen LogP contribution in [-0.2, 0) is 14.4 Å². The molecule has 1 aliphatic heterocycles. The molecule has 1 heterocycles. The third-order valence-electron chi connectivity index (χ3n) is 4.58. The Morgan fingerprint density at radius 2 is 1.75 bits per heavy atom. The van der Waals surface area contributed by atoms with Gasteiger partial charge in [-0.1, -0.05) is 48.5 Å². The number of carboxylic acids is 1. The Labute approximate surface area is 161 Å². The Hall–Kier alpha value is -3.61. The van der Waals surface area contributed by atoms with Crippen LogP contribution in [0.3, 0.4) is 0 Å². The van der Waals surface area contributed by atoms with Gasteiger partial charge >= 0.3 is 0 Å². The predicted molar refractivity (Wildman–Crippen MR) is 98.1 cm³/mol. The Bertz CT molecular complexity index is 950. The van der Waals surface area contributed by atoms with E-state index in [4.69, 9.17) is 4.74 Å². The zero-order valence-electron chi connectivity index (χ0n) is 15.1. The van der Waals surface area contributed by atoms with Crippen LogP contribution >= 0.6 is 0 Å². The second kappa shape index (κ2) is 7.96. The molecule has 3 rings (SSSR count). The average molecular weight is 380 g/mol. The minimum absolute atomic E-state index is 0.112. The molecule has 2 aromatic carbocycles. The summed E-state index contributed by atoms with van der Waals surface area (Å²) in [7, 11) is 1.45. The molecule has 1 saturated heterocycles. The van der Waals surface area contributed by atoms with Crippen molar-refractivity contribution in [2.24, 2.45) is 0 Å². The van der Waals surface area contributed by atoms with E-state index in [0.717, 1.165) is 4.90 Å². The molecular formula is C21H18NO6-. The highest BCUT2D eigenvalue weighted by Crippen LogP contribution is 2.42. The molecule has 0 aromatic heterocycles. The second-order valence-electron chi connectivity index (χ2n) is 6.22. The fourth-order valence-electron chi connectivity index (χ4n) is 3.29. The van der Waals surface area contributed by atoms with Crippen LogP contribution in [0.5, 0.6) is 5.75 Å². The Balaban J connectivity index is 2.20. The zero-order valence-corrected chi connectivity index (χ0v) is 15.1. The standard InChI is InChI=1S/C21H19NO6/c1-28-15-10-6-5-9-14(15)18-17(19(25)13-7-3-2-4-8-13)20(26)21(27)22(18)12-11-16(23)24/h2-10,18,25H,11-12H2,1H3,(H,23,24)/p-1/t18-/m1/s1. The SMILES string of the molecule is COc1ccccc1[C@@H]1C(=C(O)c2ccccc2)C(=O)C(=O)N1CCC(=O)[O-]. The molecule has 1 aliphatic rings. The molecule has 0 spiro atoms. The fraction of sp³-hybridized carbons (Fsp3) is 0.190. The van der Waals surface area contributed by atoms with E-state index >= 15 is 0 Å². The first-order valence-corrected chi connectivity index (χ1v) is 8.62. The van der Waals surface area contributed by atoms with E-state index in [1.165, 1.54) is 7.11 Å². The van der Waals surface area contributed by atoms with Gasteiger partial charge < -0.3 is 24.6 Å². The Kier molecular flexibility index (Phi) is 5.44. The number of carbonyl (C=O) groups is 3. The van der Waals surface area contributed by atoms with Gasteiger partial charge in [0.2, 0.25) is 0 Å². The summed E-state index contributed by atoms with van der Waals surface area (Å²) in [4.78, 5) is 37.4. The molecule has 1 fully saturated rings. The van der Waals surface area contributed by atoms with Crippen molar-refractivity contribution < 1.29 is 29.3 Å². The van der Waals surface area contributed by atoms with Crippen LogP contribution in [0.25, 0.3) is 5.76 Å². The number of nitrogens with zero attached hydrogens (tertiary/aromatic N) is 1. The summed E-state index contributed by atoms with van der Waals surface area (Å²) in [5.41, 5.74) is 0.736. The number of aliphatic hydroxyl groups is 1. The van der Waals surface area contributed by atoms with Crippen molar-refractivity contribution in [1.29, 1.82) is 0 Å². The minimum Gasteiger partial charge on any atom is -0.550 e. The molecule has 0 aliphatic carbocycles. The lowest BCUT2D eigenvalue weighted by atomic mass is 9.94. The lowest BCUT2D eigenvalue weighted by Crippen LogP contribution is -2.34. The summed E-state index contributed by atoms with van der Waals surface area (Å²) < 4.78 is 5.35. The average Bonchev–Trinajstić information content (AvgIpc) is 2.96. The molecule has 0 unspecified atom stereocenters. The molecule has 1 N–H and O–H groups in total. The van der Waals surface area contributed by atoms with Crippen molar-refractivity contribution in [2.75, 3.05) is 13.7 Å². The zero-order chi connectivity index (χ0) is 20.3. The first kappa shape index (κ1) is 19.2. The number of aliphatic carboxylic acids is 1. The van der Waals surface area contributed by atoms with Crippen molar-refractivity contribution in [3.63, 3.8) is 0 Å². The van der Waals surface area contributed by atoms with Gasteiger partial charge in [-0.25, -0.2) is 0 Å². The molecule has 0 radical (unpaired) electrons. The van der Waals surface area contributed by atoms with Gasteiger partial charge in [0, 0.05) is 30.1 Å². The summed E-state index contributed by atoms with van der Waals surface area (Å²) in [6, 6.07) is 14.2. The number of methoxy groups -OCH3 is 1. The van der Waals surface area contributed by atoms with Gasteiger partial charge in [-0.3, -0.25) is 9.59 Å². The van der Waals surface area contributed by atoms with Gasteiger partial charge in [-0.15, -0.1) is 0 Å². The number of ether oxygens (including phenoxy) is 1. The van der Waals surface area contributed by atoms with E-state index in [0.29, 0.717) is 16.9 Å². The second-order valence-corrected chi connectivity index (χ2v) is 6.22. The quantitative estimate of drug-likeness (QED) is 0.459. The number of hydrogen-bond donors (Lipinski definition) is 1. The number of Topliss-reactive ketones (excluding diaryl/α,β-unsaturated/α-hetero) is 1. The number of ketones is 1. The van der Waals surface area contributed by atoms with Gasteiger partial charge in [0.1, 0.15) is 11.5 Å². The molecule has 28 heavy (non-hydrogen) atoms. The summed E-state index contributed by atoms with van der Waals surface area (Å²) in [6.45, 7) is -0.235. The molecule has 144 valence electrons. The van der Waals surface area contributed by atoms with E-state index in [2.05, 4.69) is 0 Å². The van der Waals surface area contributed by atoms with Crippen LogP contribution in [0.4, 0.5) is 0 Å². The van der Waals surface area contributed by atoms with Crippen molar-refractivity contribution >= 4 is 23.4 Å². The maximum atomic E-state index is 12.7.